The van der Waals surface area contributed by atoms with Gasteiger partial charge in [-0.15, -0.1) is 0 Å². The first-order valence-electron chi connectivity index (χ1n) is 9.89. The third-order valence-corrected chi connectivity index (χ3v) is 6.77. The van der Waals surface area contributed by atoms with Crippen molar-refractivity contribution in [2.24, 2.45) is 0 Å². The number of pyridine rings is 1. The van der Waals surface area contributed by atoms with Gasteiger partial charge in [-0.25, -0.2) is 4.79 Å². The molecule has 150 valence electrons. The average Bonchev–Trinajstić information content (AvgIpc) is 2.74. The minimum Gasteiger partial charge on any atom is -0.478 e. The molecule has 2 heterocycles. The largest absolute Gasteiger partial charge is 0.478 e. The maximum absolute atomic E-state index is 11.4. The van der Waals surface area contributed by atoms with Crippen molar-refractivity contribution in [1.29, 1.82) is 0 Å². The number of hydrogen-bond acceptors (Lipinski definition) is 5. The number of anilines is 1. The summed E-state index contributed by atoms with van der Waals surface area (Å²) in [6.07, 6.45) is 14.9. The highest BCUT2D eigenvalue weighted by molar-refractivity contribution is 8.00. The molecule has 0 spiro atoms. The average molecular weight is 408 g/mol. The lowest BCUT2D eigenvalue weighted by Gasteiger charge is -2.28. The van der Waals surface area contributed by atoms with Crippen molar-refractivity contribution in [1.82, 2.24) is 9.88 Å². The third kappa shape index (κ3) is 4.48. The van der Waals surface area contributed by atoms with Crippen LogP contribution in [-0.4, -0.2) is 39.9 Å². The van der Waals surface area contributed by atoms with E-state index in [1.165, 1.54) is 28.3 Å². The third-order valence-electron chi connectivity index (χ3n) is 5.51. The first-order valence-corrected chi connectivity index (χ1v) is 10.8. The fourth-order valence-electron chi connectivity index (χ4n) is 3.96. The maximum Gasteiger partial charge on any atom is 0.337 e. The van der Waals surface area contributed by atoms with E-state index in [1.54, 1.807) is 6.20 Å². The lowest BCUT2D eigenvalue weighted by molar-refractivity contribution is 0.0698. The first-order chi connectivity index (χ1) is 14.1. The summed E-state index contributed by atoms with van der Waals surface area (Å²) in [6.45, 7) is 0.713. The second-order valence-corrected chi connectivity index (χ2v) is 8.65. The molecule has 6 heteroatoms. The van der Waals surface area contributed by atoms with Crippen molar-refractivity contribution in [3.63, 3.8) is 0 Å². The molecular formula is C23H25N3O2S. The molecule has 1 aliphatic carbocycles. The van der Waals surface area contributed by atoms with Gasteiger partial charge in [0.25, 0.3) is 0 Å². The van der Waals surface area contributed by atoms with E-state index in [1.807, 2.05) is 11.8 Å². The Morgan fingerprint density at radius 1 is 1.34 bits per heavy atom. The van der Waals surface area contributed by atoms with Gasteiger partial charge < -0.3 is 15.3 Å². The van der Waals surface area contributed by atoms with Gasteiger partial charge in [-0.2, -0.15) is 0 Å². The Kier molecular flexibility index (Phi) is 5.90. The summed E-state index contributed by atoms with van der Waals surface area (Å²) >= 11 is 1.86. The standard InChI is InChI=1S/C23H25N3O2S/c1-26-12-3-2-7-22(26)29-18-8-9-19-16(13-18)5-4-6-17(19)14-25-21-15-24-11-10-20(21)23(27)28/h2-3,7-13,15,17,22,25H,4-6,14H2,1H3,(H,27,28). The number of thioether (sulfide) groups is 1. The molecule has 2 unspecified atom stereocenters. The second-order valence-electron chi connectivity index (χ2n) is 7.46. The number of aromatic nitrogens is 1. The second kappa shape index (κ2) is 8.74. The SMILES string of the molecule is CN1C=CC=CC1Sc1ccc2c(c1)CCCC2CNc1cnccc1C(=O)O. The van der Waals surface area contributed by atoms with Gasteiger partial charge in [-0.1, -0.05) is 30.0 Å². The highest BCUT2D eigenvalue weighted by atomic mass is 32.2. The summed E-state index contributed by atoms with van der Waals surface area (Å²) in [5, 5.41) is 13.0. The molecule has 4 rings (SSSR count). The van der Waals surface area contributed by atoms with E-state index in [-0.39, 0.29) is 5.56 Å². The Morgan fingerprint density at radius 2 is 2.24 bits per heavy atom. The van der Waals surface area contributed by atoms with E-state index in [2.05, 4.69) is 64.9 Å². The van der Waals surface area contributed by atoms with Crippen LogP contribution in [-0.2, 0) is 6.42 Å². The molecule has 29 heavy (non-hydrogen) atoms. The molecule has 0 amide bonds. The van der Waals surface area contributed by atoms with E-state index in [4.69, 9.17) is 0 Å². The van der Waals surface area contributed by atoms with E-state index in [0.717, 1.165) is 19.3 Å². The molecule has 0 fully saturated rings. The predicted octanol–water partition coefficient (Wildman–Crippen LogP) is 4.75. The van der Waals surface area contributed by atoms with Gasteiger partial charge >= 0.3 is 5.97 Å². The molecule has 2 atom stereocenters. The Hall–Kier alpha value is -2.73. The molecule has 5 nitrogen and oxygen atoms in total. The van der Waals surface area contributed by atoms with Crippen LogP contribution in [0.5, 0.6) is 0 Å². The number of hydrogen-bond donors (Lipinski definition) is 2. The highest BCUT2D eigenvalue weighted by Crippen LogP contribution is 2.36. The summed E-state index contributed by atoms with van der Waals surface area (Å²) in [7, 11) is 2.10. The van der Waals surface area contributed by atoms with E-state index >= 15 is 0 Å². The number of carboxylic acid groups (broad SMARTS) is 1. The molecular weight excluding hydrogens is 382 g/mol. The zero-order valence-electron chi connectivity index (χ0n) is 16.4. The van der Waals surface area contributed by atoms with Crippen molar-refractivity contribution in [2.45, 2.75) is 35.4 Å². The normalized spacial score (nSPS) is 20.4. The Balaban J connectivity index is 1.47. The zero-order chi connectivity index (χ0) is 20.2. The van der Waals surface area contributed by atoms with Crippen LogP contribution in [0, 0.1) is 0 Å². The number of benzene rings is 1. The summed E-state index contributed by atoms with van der Waals surface area (Å²) in [6, 6.07) is 8.34. The van der Waals surface area contributed by atoms with Crippen LogP contribution >= 0.6 is 11.8 Å². The highest BCUT2D eigenvalue weighted by Gasteiger charge is 2.22. The molecule has 1 aromatic carbocycles. The molecule has 2 aromatic rings. The van der Waals surface area contributed by atoms with Gasteiger partial charge in [0.05, 0.1) is 22.8 Å². The molecule has 1 aliphatic heterocycles. The number of fused-ring (bicyclic) bond motifs is 1. The molecule has 0 bridgehead atoms. The maximum atomic E-state index is 11.4. The van der Waals surface area contributed by atoms with Gasteiger partial charge in [0.2, 0.25) is 0 Å². The van der Waals surface area contributed by atoms with Gasteiger partial charge in [0, 0.05) is 36.8 Å². The van der Waals surface area contributed by atoms with Crippen LogP contribution in [0.15, 0.2) is 66.0 Å². The summed E-state index contributed by atoms with van der Waals surface area (Å²) in [4.78, 5) is 19.0. The first kappa shape index (κ1) is 19.6. The molecule has 2 N–H and O–H groups in total. The molecule has 0 saturated heterocycles. The zero-order valence-corrected chi connectivity index (χ0v) is 17.2. The van der Waals surface area contributed by atoms with Crippen molar-refractivity contribution < 1.29 is 9.90 Å². The predicted molar refractivity (Wildman–Crippen MR) is 117 cm³/mol. The lowest BCUT2D eigenvalue weighted by atomic mass is 9.83. The van der Waals surface area contributed by atoms with Crippen LogP contribution in [0.25, 0.3) is 0 Å². The number of nitrogens with zero attached hydrogens (tertiary/aromatic N) is 2. The Labute approximate surface area is 175 Å². The van der Waals surface area contributed by atoms with Gasteiger partial charge in [0.1, 0.15) is 0 Å². The number of likely N-dealkylation sites (N-methyl/N-ethyl adjacent to an activating group) is 1. The molecule has 0 radical (unpaired) electrons. The summed E-state index contributed by atoms with van der Waals surface area (Å²) in [5.41, 5.74) is 3.64. The monoisotopic (exact) mass is 407 g/mol. The number of allylic oxidation sites excluding steroid dienone is 2. The summed E-state index contributed by atoms with van der Waals surface area (Å²) < 4.78 is 0. The Bertz CT molecular complexity index is 957. The van der Waals surface area contributed by atoms with Crippen LogP contribution in [0.1, 0.15) is 40.2 Å². The topological polar surface area (TPSA) is 65.5 Å². The van der Waals surface area contributed by atoms with Crippen LogP contribution in [0.3, 0.4) is 0 Å². The number of carbonyl (C=O) groups is 1. The fourth-order valence-corrected chi connectivity index (χ4v) is 5.00. The van der Waals surface area contributed by atoms with Crippen LogP contribution < -0.4 is 5.32 Å². The minimum atomic E-state index is -0.933. The van der Waals surface area contributed by atoms with E-state index in [0.29, 0.717) is 23.5 Å². The van der Waals surface area contributed by atoms with Crippen LogP contribution in [0.4, 0.5) is 5.69 Å². The molecule has 1 aromatic heterocycles. The van der Waals surface area contributed by atoms with Crippen molar-refractivity contribution >= 4 is 23.4 Å². The molecule has 2 aliphatic rings. The number of aromatic carboxylic acids is 1. The van der Waals surface area contributed by atoms with Crippen molar-refractivity contribution in [2.75, 3.05) is 18.9 Å². The quantitative estimate of drug-likeness (QED) is 0.721. The smallest absolute Gasteiger partial charge is 0.337 e. The number of rotatable bonds is 6. The number of carboxylic acids is 1. The minimum absolute atomic E-state index is 0.265. The van der Waals surface area contributed by atoms with Crippen molar-refractivity contribution in [3.05, 3.63) is 77.8 Å². The Morgan fingerprint density at radius 3 is 3.07 bits per heavy atom. The summed E-state index contributed by atoms with van der Waals surface area (Å²) in [5.74, 6) is -0.558. The van der Waals surface area contributed by atoms with Gasteiger partial charge in [-0.05, 0) is 54.7 Å². The van der Waals surface area contributed by atoms with E-state index in [9.17, 15) is 9.90 Å². The van der Waals surface area contributed by atoms with Gasteiger partial charge in [-0.3, -0.25) is 4.98 Å². The van der Waals surface area contributed by atoms with Crippen molar-refractivity contribution in [3.8, 4) is 0 Å². The van der Waals surface area contributed by atoms with E-state index < -0.39 is 5.97 Å². The lowest BCUT2D eigenvalue weighted by Crippen LogP contribution is -2.23. The van der Waals surface area contributed by atoms with Crippen LogP contribution in [0.2, 0.25) is 0 Å². The van der Waals surface area contributed by atoms with Gasteiger partial charge in [0.15, 0.2) is 0 Å². The molecule has 0 saturated carbocycles. The fraction of sp³-hybridized carbons (Fsp3) is 0.304. The number of aryl methyl sites for hydroxylation is 1. The number of nitrogens with one attached hydrogen (secondary N) is 1.